The topological polar surface area (TPSA) is 96.0 Å². The van der Waals surface area contributed by atoms with Gasteiger partial charge in [-0.2, -0.15) is 0 Å². The van der Waals surface area contributed by atoms with Gasteiger partial charge in [0, 0.05) is 24.2 Å². The third kappa shape index (κ3) is 4.26. The van der Waals surface area contributed by atoms with Gasteiger partial charge in [-0.05, 0) is 31.0 Å². The maximum absolute atomic E-state index is 12.0. The van der Waals surface area contributed by atoms with Crippen LogP contribution in [0, 0.1) is 0 Å². The van der Waals surface area contributed by atoms with Crippen molar-refractivity contribution in [2.75, 3.05) is 16.0 Å². The van der Waals surface area contributed by atoms with Crippen molar-refractivity contribution in [1.82, 2.24) is 9.97 Å². The third-order valence-corrected chi connectivity index (χ3v) is 3.31. The summed E-state index contributed by atoms with van der Waals surface area (Å²) in [6.45, 7) is 1.43. The predicted octanol–water partition coefficient (Wildman–Crippen LogP) is 2.96. The van der Waals surface area contributed by atoms with Gasteiger partial charge in [-0.1, -0.05) is 6.07 Å². The molecule has 1 aromatic carbocycles. The van der Waals surface area contributed by atoms with Gasteiger partial charge in [0.15, 0.2) is 0 Å². The third-order valence-electron chi connectivity index (χ3n) is 3.31. The molecule has 0 bridgehead atoms. The molecule has 1 aromatic heterocycles. The average Bonchev–Trinajstić information content (AvgIpc) is 3.32. The molecule has 7 nitrogen and oxygen atoms in total. The highest BCUT2D eigenvalue weighted by Crippen LogP contribution is 2.37. The number of nitrogens with one attached hydrogen (secondary N) is 3. The highest BCUT2D eigenvalue weighted by Gasteiger charge is 2.26. The van der Waals surface area contributed by atoms with Crippen LogP contribution in [0.15, 0.2) is 36.7 Å². The number of nitrogens with zero attached hydrogens (tertiary/aromatic N) is 2. The SMILES string of the molecule is CC(=O)Nc1cccc(NC(=O)Nc2cnc(C3CC3)nc2)c1. The summed E-state index contributed by atoms with van der Waals surface area (Å²) in [5, 5.41) is 8.03. The van der Waals surface area contributed by atoms with Crippen LogP contribution in [0.3, 0.4) is 0 Å². The Morgan fingerprint density at radius 2 is 1.61 bits per heavy atom. The monoisotopic (exact) mass is 311 g/mol. The van der Waals surface area contributed by atoms with Crippen LogP contribution >= 0.6 is 0 Å². The molecule has 1 fully saturated rings. The van der Waals surface area contributed by atoms with Gasteiger partial charge in [0.05, 0.1) is 18.1 Å². The van der Waals surface area contributed by atoms with Crippen molar-refractivity contribution in [3.8, 4) is 0 Å². The van der Waals surface area contributed by atoms with Crippen molar-refractivity contribution in [2.24, 2.45) is 0 Å². The molecular formula is C16H17N5O2. The van der Waals surface area contributed by atoms with Crippen LogP contribution in [0.25, 0.3) is 0 Å². The number of aromatic nitrogens is 2. The van der Waals surface area contributed by atoms with Crippen LogP contribution in [0.1, 0.15) is 31.5 Å². The van der Waals surface area contributed by atoms with E-state index in [9.17, 15) is 9.59 Å². The first-order chi connectivity index (χ1) is 11.1. The molecule has 23 heavy (non-hydrogen) atoms. The number of benzene rings is 1. The molecule has 0 aliphatic heterocycles. The van der Waals surface area contributed by atoms with E-state index in [0.29, 0.717) is 23.0 Å². The minimum atomic E-state index is -0.396. The van der Waals surface area contributed by atoms with E-state index >= 15 is 0 Å². The Kier molecular flexibility index (Phi) is 4.18. The molecule has 3 N–H and O–H groups in total. The van der Waals surface area contributed by atoms with E-state index < -0.39 is 6.03 Å². The molecule has 1 aliphatic rings. The molecule has 0 atom stereocenters. The molecule has 0 radical (unpaired) electrons. The lowest BCUT2D eigenvalue weighted by Gasteiger charge is -2.09. The summed E-state index contributed by atoms with van der Waals surface area (Å²) in [6.07, 6.45) is 5.48. The normalized spacial score (nSPS) is 13.3. The molecule has 3 rings (SSSR count). The highest BCUT2D eigenvalue weighted by atomic mass is 16.2. The summed E-state index contributed by atoms with van der Waals surface area (Å²) in [5.41, 5.74) is 1.72. The molecule has 0 spiro atoms. The second kappa shape index (κ2) is 6.43. The quantitative estimate of drug-likeness (QED) is 0.809. The van der Waals surface area contributed by atoms with Crippen LogP contribution in [-0.4, -0.2) is 21.9 Å². The molecule has 0 saturated heterocycles. The van der Waals surface area contributed by atoms with Gasteiger partial charge >= 0.3 is 6.03 Å². The van der Waals surface area contributed by atoms with Crippen molar-refractivity contribution in [3.63, 3.8) is 0 Å². The number of anilines is 3. The van der Waals surface area contributed by atoms with Gasteiger partial charge in [-0.25, -0.2) is 14.8 Å². The fraction of sp³-hybridized carbons (Fsp3) is 0.250. The van der Waals surface area contributed by atoms with Crippen molar-refractivity contribution < 1.29 is 9.59 Å². The number of amides is 3. The lowest BCUT2D eigenvalue weighted by Crippen LogP contribution is -2.20. The highest BCUT2D eigenvalue weighted by molar-refractivity contribution is 6.00. The number of hydrogen-bond donors (Lipinski definition) is 3. The molecular weight excluding hydrogens is 294 g/mol. The zero-order valence-corrected chi connectivity index (χ0v) is 12.7. The maximum Gasteiger partial charge on any atom is 0.323 e. The zero-order valence-electron chi connectivity index (χ0n) is 12.7. The Balaban J connectivity index is 1.59. The van der Waals surface area contributed by atoms with Gasteiger partial charge in [-0.15, -0.1) is 0 Å². The first-order valence-corrected chi connectivity index (χ1v) is 7.38. The molecule has 1 heterocycles. The minimum Gasteiger partial charge on any atom is -0.326 e. The molecule has 1 saturated carbocycles. The molecule has 0 unspecified atom stereocenters. The summed E-state index contributed by atoms with van der Waals surface area (Å²) < 4.78 is 0. The largest absolute Gasteiger partial charge is 0.326 e. The Morgan fingerprint density at radius 3 is 2.22 bits per heavy atom. The predicted molar refractivity (Wildman–Crippen MR) is 87.4 cm³/mol. The lowest BCUT2D eigenvalue weighted by atomic mass is 10.2. The van der Waals surface area contributed by atoms with Crippen LogP contribution in [-0.2, 0) is 4.79 Å². The number of carbonyl (C=O) groups is 2. The van der Waals surface area contributed by atoms with Gasteiger partial charge in [0.2, 0.25) is 5.91 Å². The van der Waals surface area contributed by atoms with Crippen LogP contribution in [0.5, 0.6) is 0 Å². The van der Waals surface area contributed by atoms with E-state index in [2.05, 4.69) is 25.9 Å². The Morgan fingerprint density at radius 1 is 1.00 bits per heavy atom. The molecule has 1 aliphatic carbocycles. The molecule has 3 amide bonds. The van der Waals surface area contributed by atoms with E-state index in [1.807, 2.05) is 0 Å². The lowest BCUT2D eigenvalue weighted by molar-refractivity contribution is -0.114. The minimum absolute atomic E-state index is 0.167. The Hall–Kier alpha value is -2.96. The number of hydrogen-bond acceptors (Lipinski definition) is 4. The van der Waals surface area contributed by atoms with Gasteiger partial charge in [-0.3, -0.25) is 4.79 Å². The molecule has 7 heteroatoms. The number of urea groups is 1. The van der Waals surface area contributed by atoms with Crippen LogP contribution in [0.4, 0.5) is 21.9 Å². The fourth-order valence-electron chi connectivity index (χ4n) is 2.13. The maximum atomic E-state index is 12.0. The van der Waals surface area contributed by atoms with Crippen molar-refractivity contribution in [3.05, 3.63) is 42.5 Å². The second-order valence-corrected chi connectivity index (χ2v) is 5.45. The standard InChI is InChI=1S/C16H17N5O2/c1-10(22)19-12-3-2-4-13(7-12)20-16(23)21-14-8-17-15(18-9-14)11-5-6-11/h2-4,7-9,11H,5-6H2,1H3,(H,19,22)(H2,20,21,23). The Bertz CT molecular complexity index is 726. The average molecular weight is 311 g/mol. The van der Waals surface area contributed by atoms with Crippen molar-refractivity contribution in [2.45, 2.75) is 25.7 Å². The summed E-state index contributed by atoms with van der Waals surface area (Å²) >= 11 is 0. The fourth-order valence-corrected chi connectivity index (χ4v) is 2.13. The van der Waals surface area contributed by atoms with Gasteiger partial charge in [0.25, 0.3) is 0 Å². The summed E-state index contributed by atoms with van der Waals surface area (Å²) in [4.78, 5) is 31.5. The van der Waals surface area contributed by atoms with Crippen LogP contribution in [0.2, 0.25) is 0 Å². The smallest absolute Gasteiger partial charge is 0.323 e. The first-order valence-electron chi connectivity index (χ1n) is 7.38. The number of carbonyl (C=O) groups excluding carboxylic acids is 2. The van der Waals surface area contributed by atoms with E-state index in [-0.39, 0.29) is 5.91 Å². The molecule has 118 valence electrons. The van der Waals surface area contributed by atoms with E-state index in [1.54, 1.807) is 36.7 Å². The second-order valence-electron chi connectivity index (χ2n) is 5.45. The molecule has 2 aromatic rings. The van der Waals surface area contributed by atoms with Gasteiger partial charge < -0.3 is 16.0 Å². The number of rotatable bonds is 4. The first kappa shape index (κ1) is 15.0. The zero-order chi connectivity index (χ0) is 16.2. The van der Waals surface area contributed by atoms with Crippen molar-refractivity contribution in [1.29, 1.82) is 0 Å². The van der Waals surface area contributed by atoms with Crippen LogP contribution < -0.4 is 16.0 Å². The summed E-state index contributed by atoms with van der Waals surface area (Å²) in [7, 11) is 0. The summed E-state index contributed by atoms with van der Waals surface area (Å²) in [6, 6.07) is 6.50. The summed E-state index contributed by atoms with van der Waals surface area (Å²) in [5.74, 6) is 1.15. The Labute approximate surface area is 133 Å². The van der Waals surface area contributed by atoms with E-state index in [0.717, 1.165) is 18.7 Å². The van der Waals surface area contributed by atoms with Gasteiger partial charge in [0.1, 0.15) is 5.82 Å². The van der Waals surface area contributed by atoms with E-state index in [4.69, 9.17) is 0 Å². The van der Waals surface area contributed by atoms with Crippen molar-refractivity contribution >= 4 is 29.0 Å². The van der Waals surface area contributed by atoms with E-state index in [1.165, 1.54) is 6.92 Å².